The molecule has 148 valence electrons. The second-order valence-corrected chi connectivity index (χ2v) is 7.42. The highest BCUT2D eigenvalue weighted by atomic mass is 16.5. The van der Waals surface area contributed by atoms with Crippen LogP contribution in [0.4, 0.5) is 0 Å². The molecule has 5 nitrogen and oxygen atoms in total. The number of carbonyl (C=O) groups is 2. The van der Waals surface area contributed by atoms with Crippen LogP contribution in [0.1, 0.15) is 43.2 Å². The number of nitrogens with one attached hydrogen (secondary N) is 1. The van der Waals surface area contributed by atoms with Gasteiger partial charge < -0.3 is 15.2 Å². The summed E-state index contributed by atoms with van der Waals surface area (Å²) >= 11 is 0. The summed E-state index contributed by atoms with van der Waals surface area (Å²) in [6, 6.07) is 16.2. The van der Waals surface area contributed by atoms with Crippen molar-refractivity contribution < 1.29 is 19.4 Å². The molecular weight excluding hydrogens is 366 g/mol. The van der Waals surface area contributed by atoms with Crippen molar-refractivity contribution >= 4 is 11.8 Å². The molecule has 29 heavy (non-hydrogen) atoms. The molecule has 2 aliphatic rings. The van der Waals surface area contributed by atoms with Gasteiger partial charge in [-0.1, -0.05) is 42.5 Å². The van der Waals surface area contributed by atoms with Gasteiger partial charge in [0.1, 0.15) is 12.4 Å². The number of benzene rings is 2. The van der Waals surface area contributed by atoms with E-state index in [0.717, 1.165) is 24.1 Å². The molecular formula is C24H23NO4. The van der Waals surface area contributed by atoms with Gasteiger partial charge in [0.2, 0.25) is 0 Å². The van der Waals surface area contributed by atoms with Gasteiger partial charge in [-0.3, -0.25) is 4.79 Å². The lowest BCUT2D eigenvalue weighted by molar-refractivity contribution is -0.140. The Labute approximate surface area is 169 Å². The van der Waals surface area contributed by atoms with Gasteiger partial charge in [0.25, 0.3) is 0 Å². The maximum atomic E-state index is 13.1. The Kier molecular flexibility index (Phi) is 5.21. The fourth-order valence-corrected chi connectivity index (χ4v) is 4.09. The molecule has 0 bridgehead atoms. The molecule has 1 aliphatic heterocycles. The number of allylic oxidation sites excluding steroid dienone is 3. The summed E-state index contributed by atoms with van der Waals surface area (Å²) in [6.45, 7) is 1.99. The second kappa shape index (κ2) is 7.95. The van der Waals surface area contributed by atoms with Crippen LogP contribution in [0.2, 0.25) is 0 Å². The third-order valence-corrected chi connectivity index (χ3v) is 5.41. The quantitative estimate of drug-likeness (QED) is 0.770. The monoisotopic (exact) mass is 389 g/mol. The zero-order valence-electron chi connectivity index (χ0n) is 16.3. The molecule has 1 heterocycles. The van der Waals surface area contributed by atoms with Crippen LogP contribution in [-0.2, 0) is 20.9 Å². The van der Waals surface area contributed by atoms with E-state index in [1.165, 1.54) is 0 Å². The van der Waals surface area contributed by atoms with Gasteiger partial charge in [0.15, 0.2) is 5.78 Å². The Morgan fingerprint density at radius 2 is 1.93 bits per heavy atom. The van der Waals surface area contributed by atoms with E-state index in [1.807, 2.05) is 43.3 Å². The molecule has 1 atom stereocenters. The summed E-state index contributed by atoms with van der Waals surface area (Å²) in [6.07, 6.45) is 2.01. The zero-order valence-corrected chi connectivity index (χ0v) is 16.3. The van der Waals surface area contributed by atoms with E-state index in [0.29, 0.717) is 28.8 Å². The Hall–Kier alpha value is -3.34. The number of aromatic hydroxyl groups is 1. The third-order valence-electron chi connectivity index (χ3n) is 5.41. The van der Waals surface area contributed by atoms with Gasteiger partial charge in [-0.15, -0.1) is 0 Å². The van der Waals surface area contributed by atoms with E-state index in [9.17, 15) is 14.7 Å². The smallest absolute Gasteiger partial charge is 0.337 e. The van der Waals surface area contributed by atoms with Crippen molar-refractivity contribution in [3.63, 3.8) is 0 Å². The largest absolute Gasteiger partial charge is 0.508 e. The van der Waals surface area contributed by atoms with Crippen molar-refractivity contribution in [2.75, 3.05) is 0 Å². The van der Waals surface area contributed by atoms with Crippen LogP contribution < -0.4 is 5.32 Å². The van der Waals surface area contributed by atoms with Gasteiger partial charge in [-0.25, -0.2) is 4.79 Å². The molecule has 2 N–H and O–H groups in total. The van der Waals surface area contributed by atoms with Crippen molar-refractivity contribution in [3.05, 3.63) is 88.3 Å². The van der Waals surface area contributed by atoms with Gasteiger partial charge in [-0.2, -0.15) is 0 Å². The normalized spacial score (nSPS) is 18.9. The Morgan fingerprint density at radius 3 is 2.69 bits per heavy atom. The van der Waals surface area contributed by atoms with Gasteiger partial charge in [-0.05, 0) is 43.0 Å². The van der Waals surface area contributed by atoms with Crippen molar-refractivity contribution in [1.29, 1.82) is 0 Å². The molecule has 0 unspecified atom stereocenters. The number of phenolic OH excluding ortho intramolecular Hbond substituents is 1. The highest BCUT2D eigenvalue weighted by molar-refractivity contribution is 6.03. The number of carbonyl (C=O) groups excluding carboxylic acids is 2. The van der Waals surface area contributed by atoms with E-state index < -0.39 is 11.9 Å². The number of hydrogen-bond acceptors (Lipinski definition) is 5. The van der Waals surface area contributed by atoms with Gasteiger partial charge in [0, 0.05) is 29.3 Å². The Morgan fingerprint density at radius 1 is 1.14 bits per heavy atom. The number of ether oxygens (including phenoxy) is 1. The highest BCUT2D eigenvalue weighted by Gasteiger charge is 2.39. The van der Waals surface area contributed by atoms with Crippen molar-refractivity contribution in [3.8, 4) is 5.75 Å². The minimum atomic E-state index is -0.547. The SMILES string of the molecule is CC1=C(C(=O)OCc2ccccc2)[C@@H](c2cccc(O)c2)C2=C(CCCC2=O)N1. The number of ketones is 1. The average molecular weight is 389 g/mol. The van der Waals surface area contributed by atoms with E-state index in [2.05, 4.69) is 5.32 Å². The molecule has 0 fully saturated rings. The number of esters is 1. The molecule has 0 saturated carbocycles. The Bertz CT molecular complexity index is 1020. The van der Waals surface area contributed by atoms with Crippen LogP contribution >= 0.6 is 0 Å². The first kappa shape index (κ1) is 19.0. The predicted octanol–water partition coefficient (Wildman–Crippen LogP) is 4.10. The fourth-order valence-electron chi connectivity index (χ4n) is 4.09. The maximum Gasteiger partial charge on any atom is 0.337 e. The molecule has 5 heteroatoms. The highest BCUT2D eigenvalue weighted by Crippen LogP contribution is 2.43. The summed E-state index contributed by atoms with van der Waals surface area (Å²) in [7, 11) is 0. The molecule has 0 radical (unpaired) electrons. The molecule has 0 amide bonds. The maximum absolute atomic E-state index is 13.1. The summed E-state index contributed by atoms with van der Waals surface area (Å²) in [5, 5.41) is 13.3. The average Bonchev–Trinajstić information content (AvgIpc) is 2.72. The van der Waals surface area contributed by atoms with Crippen LogP contribution in [0.5, 0.6) is 5.75 Å². The molecule has 1 aliphatic carbocycles. The molecule has 4 rings (SSSR count). The molecule has 0 aromatic heterocycles. The van der Waals surface area contributed by atoms with Crippen LogP contribution in [0, 0.1) is 0 Å². The van der Waals surface area contributed by atoms with Gasteiger partial charge >= 0.3 is 5.97 Å². The first-order chi connectivity index (χ1) is 14.0. The van der Waals surface area contributed by atoms with Crippen LogP contribution in [0.15, 0.2) is 77.1 Å². The van der Waals surface area contributed by atoms with Crippen molar-refractivity contribution in [2.45, 2.75) is 38.7 Å². The van der Waals surface area contributed by atoms with E-state index in [4.69, 9.17) is 4.74 Å². The minimum absolute atomic E-state index is 0.0351. The zero-order chi connectivity index (χ0) is 20.4. The van der Waals surface area contributed by atoms with E-state index >= 15 is 0 Å². The Balaban J connectivity index is 1.72. The first-order valence-electron chi connectivity index (χ1n) is 9.78. The van der Waals surface area contributed by atoms with Crippen LogP contribution in [-0.4, -0.2) is 16.9 Å². The van der Waals surface area contributed by atoms with E-state index in [-0.39, 0.29) is 18.1 Å². The lowest BCUT2D eigenvalue weighted by Crippen LogP contribution is -2.34. The van der Waals surface area contributed by atoms with E-state index in [1.54, 1.807) is 18.2 Å². The van der Waals surface area contributed by atoms with Crippen LogP contribution in [0.25, 0.3) is 0 Å². The number of phenols is 1. The van der Waals surface area contributed by atoms with Crippen molar-refractivity contribution in [2.24, 2.45) is 0 Å². The first-order valence-corrected chi connectivity index (χ1v) is 9.78. The number of Topliss-reactive ketones (excluding diaryl/α,β-unsaturated/α-hetero) is 1. The second-order valence-electron chi connectivity index (χ2n) is 7.42. The summed E-state index contributed by atoms with van der Waals surface area (Å²) < 4.78 is 5.60. The molecule has 0 spiro atoms. The fraction of sp³-hybridized carbons (Fsp3) is 0.250. The lowest BCUT2D eigenvalue weighted by Gasteiger charge is -2.34. The topological polar surface area (TPSA) is 75.6 Å². The number of hydrogen-bond donors (Lipinski definition) is 2. The third kappa shape index (κ3) is 3.81. The lowest BCUT2D eigenvalue weighted by atomic mass is 9.75. The molecule has 2 aromatic carbocycles. The summed E-state index contributed by atoms with van der Waals surface area (Å²) in [5.74, 6) is -0.874. The number of rotatable bonds is 4. The van der Waals surface area contributed by atoms with Gasteiger partial charge in [0.05, 0.1) is 5.57 Å². The van der Waals surface area contributed by atoms with Crippen molar-refractivity contribution in [1.82, 2.24) is 5.32 Å². The predicted molar refractivity (Wildman–Crippen MR) is 109 cm³/mol. The number of dihydropyridines is 1. The van der Waals surface area contributed by atoms with Crippen LogP contribution in [0.3, 0.4) is 0 Å². The summed E-state index contributed by atoms with van der Waals surface area (Å²) in [4.78, 5) is 25.9. The summed E-state index contributed by atoms with van der Waals surface area (Å²) in [5.41, 5.74) is 4.18. The minimum Gasteiger partial charge on any atom is -0.508 e. The standard InChI is InChI=1S/C24H23NO4/c1-15-21(24(28)29-14-16-7-3-2-4-8-16)22(17-9-5-10-18(26)13-17)23-19(25-15)11-6-12-20(23)27/h2-5,7-10,13,22,25-26H,6,11-12,14H2,1H3/t22-/m1/s1. The molecule has 2 aromatic rings. The molecule has 0 saturated heterocycles.